The summed E-state index contributed by atoms with van der Waals surface area (Å²) in [5, 5.41) is 3.76. The molecule has 1 nitrogen and oxygen atoms in total. The molecule has 0 aliphatic heterocycles. The van der Waals surface area contributed by atoms with Crippen LogP contribution in [0.1, 0.15) is 31.2 Å². The zero-order valence-corrected chi connectivity index (χ0v) is 11.0. The largest absolute Gasteiger partial charge is 0.309 e. The first-order valence-electron chi connectivity index (χ1n) is 6.31. The molecule has 16 heavy (non-hydrogen) atoms. The minimum atomic E-state index is 0.809. The van der Waals surface area contributed by atoms with Crippen LogP contribution in [0.5, 0.6) is 0 Å². The third kappa shape index (κ3) is 2.67. The van der Waals surface area contributed by atoms with Crippen molar-refractivity contribution in [3.8, 4) is 0 Å². The molecule has 2 saturated carbocycles. The van der Waals surface area contributed by atoms with Gasteiger partial charge in [0.1, 0.15) is 0 Å². The predicted octanol–water partition coefficient (Wildman–Crippen LogP) is 3.73. The van der Waals surface area contributed by atoms with Crippen LogP contribution in [0.25, 0.3) is 0 Å². The van der Waals surface area contributed by atoms with E-state index in [-0.39, 0.29) is 0 Å². The molecule has 2 fully saturated rings. The van der Waals surface area contributed by atoms with Crippen LogP contribution in [0.2, 0.25) is 0 Å². The molecule has 1 N–H and O–H groups in total. The summed E-state index contributed by atoms with van der Waals surface area (Å²) in [4.78, 5) is 0. The van der Waals surface area contributed by atoms with E-state index in [1.807, 2.05) is 0 Å². The summed E-state index contributed by atoms with van der Waals surface area (Å²) in [5.41, 5.74) is 1.40. The topological polar surface area (TPSA) is 12.0 Å². The molecule has 2 aliphatic rings. The van der Waals surface area contributed by atoms with E-state index in [2.05, 4.69) is 45.5 Å². The van der Waals surface area contributed by atoms with Gasteiger partial charge in [-0.3, -0.25) is 0 Å². The van der Waals surface area contributed by atoms with Crippen molar-refractivity contribution in [2.75, 3.05) is 0 Å². The molecule has 0 bridgehead atoms. The molecule has 0 aromatic heterocycles. The van der Waals surface area contributed by atoms with Crippen LogP contribution in [-0.4, -0.2) is 6.04 Å². The molecule has 0 saturated heterocycles. The van der Waals surface area contributed by atoms with Gasteiger partial charge < -0.3 is 5.32 Å². The minimum Gasteiger partial charge on any atom is -0.309 e. The van der Waals surface area contributed by atoms with Gasteiger partial charge in [-0.1, -0.05) is 28.1 Å². The van der Waals surface area contributed by atoms with E-state index >= 15 is 0 Å². The van der Waals surface area contributed by atoms with E-state index < -0.39 is 0 Å². The summed E-state index contributed by atoms with van der Waals surface area (Å²) < 4.78 is 1.16. The standard InChI is InChI=1S/C14H18BrN/c15-13-7-1-10(2-8-13)9-16-14(11-3-4-11)12-5-6-12/h1-2,7-8,11-12,14,16H,3-6,9H2. The van der Waals surface area contributed by atoms with Gasteiger partial charge in [0.05, 0.1) is 0 Å². The van der Waals surface area contributed by atoms with Gasteiger partial charge in [-0.25, -0.2) is 0 Å². The van der Waals surface area contributed by atoms with Crippen molar-refractivity contribution < 1.29 is 0 Å². The molecule has 3 rings (SSSR count). The molecule has 2 aliphatic carbocycles. The van der Waals surface area contributed by atoms with Crippen molar-refractivity contribution in [2.45, 2.75) is 38.3 Å². The van der Waals surface area contributed by atoms with Crippen molar-refractivity contribution in [1.29, 1.82) is 0 Å². The second-order valence-electron chi connectivity index (χ2n) is 5.21. The number of halogens is 1. The fraction of sp³-hybridized carbons (Fsp3) is 0.571. The van der Waals surface area contributed by atoms with Crippen molar-refractivity contribution in [2.24, 2.45) is 11.8 Å². The lowest BCUT2D eigenvalue weighted by Crippen LogP contribution is -2.32. The molecule has 0 atom stereocenters. The van der Waals surface area contributed by atoms with E-state index in [9.17, 15) is 0 Å². The summed E-state index contributed by atoms with van der Waals surface area (Å²) in [6.45, 7) is 1.03. The van der Waals surface area contributed by atoms with E-state index in [1.165, 1.54) is 31.2 Å². The zero-order chi connectivity index (χ0) is 11.0. The fourth-order valence-electron chi connectivity index (χ4n) is 2.47. The van der Waals surface area contributed by atoms with Gasteiger partial charge in [-0.05, 0) is 55.2 Å². The van der Waals surface area contributed by atoms with Crippen LogP contribution in [0.3, 0.4) is 0 Å². The Morgan fingerprint density at radius 1 is 1.06 bits per heavy atom. The Morgan fingerprint density at radius 2 is 1.62 bits per heavy atom. The highest BCUT2D eigenvalue weighted by Crippen LogP contribution is 2.44. The maximum absolute atomic E-state index is 3.76. The molecular weight excluding hydrogens is 262 g/mol. The summed E-state index contributed by atoms with van der Waals surface area (Å²) in [5.74, 6) is 1.98. The van der Waals surface area contributed by atoms with Crippen LogP contribution in [-0.2, 0) is 6.54 Å². The molecule has 0 amide bonds. The molecule has 1 aromatic rings. The van der Waals surface area contributed by atoms with Crippen LogP contribution in [0, 0.1) is 11.8 Å². The third-order valence-corrected chi connectivity index (χ3v) is 4.24. The summed E-state index contributed by atoms with van der Waals surface area (Å²) in [6, 6.07) is 9.46. The highest BCUT2D eigenvalue weighted by molar-refractivity contribution is 9.10. The van der Waals surface area contributed by atoms with Crippen LogP contribution in [0.15, 0.2) is 28.7 Å². The van der Waals surface area contributed by atoms with Gasteiger partial charge in [0, 0.05) is 17.1 Å². The Balaban J connectivity index is 1.56. The average Bonchev–Trinajstić information content (AvgIpc) is 3.15. The van der Waals surface area contributed by atoms with Gasteiger partial charge in [0.2, 0.25) is 0 Å². The number of rotatable bonds is 5. The first kappa shape index (κ1) is 10.8. The highest BCUT2D eigenvalue weighted by Gasteiger charge is 2.40. The first-order chi connectivity index (χ1) is 7.83. The van der Waals surface area contributed by atoms with Crippen LogP contribution in [0.4, 0.5) is 0 Å². The lowest BCUT2D eigenvalue weighted by atomic mass is 10.1. The van der Waals surface area contributed by atoms with Crippen LogP contribution < -0.4 is 5.32 Å². The lowest BCUT2D eigenvalue weighted by Gasteiger charge is -2.17. The van der Waals surface area contributed by atoms with E-state index in [0.717, 1.165) is 28.9 Å². The predicted molar refractivity (Wildman–Crippen MR) is 70.2 cm³/mol. The third-order valence-electron chi connectivity index (χ3n) is 3.71. The molecule has 1 aromatic carbocycles. The first-order valence-corrected chi connectivity index (χ1v) is 7.10. The van der Waals surface area contributed by atoms with Crippen molar-refractivity contribution in [3.63, 3.8) is 0 Å². The number of nitrogens with one attached hydrogen (secondary N) is 1. The van der Waals surface area contributed by atoms with Crippen molar-refractivity contribution in [3.05, 3.63) is 34.3 Å². The maximum Gasteiger partial charge on any atom is 0.0208 e. The minimum absolute atomic E-state index is 0.809. The number of hydrogen-bond acceptors (Lipinski definition) is 1. The molecular formula is C14H18BrN. The summed E-state index contributed by atoms with van der Waals surface area (Å²) in [6.07, 6.45) is 5.81. The monoisotopic (exact) mass is 279 g/mol. The van der Waals surface area contributed by atoms with Gasteiger partial charge in [-0.15, -0.1) is 0 Å². The molecule has 0 spiro atoms. The van der Waals surface area contributed by atoms with Gasteiger partial charge >= 0.3 is 0 Å². The quantitative estimate of drug-likeness (QED) is 0.866. The van der Waals surface area contributed by atoms with Crippen molar-refractivity contribution >= 4 is 15.9 Å². The van der Waals surface area contributed by atoms with Gasteiger partial charge in [0.15, 0.2) is 0 Å². The Bertz CT molecular complexity index is 340. The lowest BCUT2D eigenvalue weighted by molar-refractivity contribution is 0.416. The van der Waals surface area contributed by atoms with Crippen molar-refractivity contribution in [1.82, 2.24) is 5.32 Å². The van der Waals surface area contributed by atoms with E-state index in [1.54, 1.807) is 0 Å². The van der Waals surface area contributed by atoms with Gasteiger partial charge in [0.25, 0.3) is 0 Å². The van der Waals surface area contributed by atoms with E-state index in [0.29, 0.717) is 0 Å². The Morgan fingerprint density at radius 3 is 2.12 bits per heavy atom. The van der Waals surface area contributed by atoms with Crippen LogP contribution >= 0.6 is 15.9 Å². The second kappa shape index (κ2) is 4.50. The Kier molecular flexibility index (Phi) is 3.03. The molecule has 0 heterocycles. The normalized spacial score (nSPS) is 20.4. The smallest absolute Gasteiger partial charge is 0.0208 e. The van der Waals surface area contributed by atoms with Gasteiger partial charge in [-0.2, -0.15) is 0 Å². The number of benzene rings is 1. The SMILES string of the molecule is Brc1ccc(CNC(C2CC2)C2CC2)cc1. The fourth-order valence-corrected chi connectivity index (χ4v) is 2.73. The zero-order valence-electron chi connectivity index (χ0n) is 9.45. The second-order valence-corrected chi connectivity index (χ2v) is 6.12. The summed E-state index contributed by atoms with van der Waals surface area (Å²) >= 11 is 3.47. The Hall–Kier alpha value is -0.340. The summed E-state index contributed by atoms with van der Waals surface area (Å²) in [7, 11) is 0. The average molecular weight is 280 g/mol. The highest BCUT2D eigenvalue weighted by atomic mass is 79.9. The molecule has 0 radical (unpaired) electrons. The number of hydrogen-bond donors (Lipinski definition) is 1. The van der Waals surface area contributed by atoms with E-state index in [4.69, 9.17) is 0 Å². The molecule has 2 heteroatoms. The maximum atomic E-state index is 3.76. The molecule has 0 unspecified atom stereocenters. The molecule has 86 valence electrons. The Labute approximate surface area is 106 Å².